The van der Waals surface area contributed by atoms with E-state index in [1.165, 1.54) is 5.57 Å². The van der Waals surface area contributed by atoms with Crippen molar-refractivity contribution in [3.63, 3.8) is 0 Å². The van der Waals surface area contributed by atoms with Crippen molar-refractivity contribution in [2.75, 3.05) is 0 Å². The molecule has 1 nitrogen and oxygen atoms in total. The van der Waals surface area contributed by atoms with Crippen LogP contribution in [0.1, 0.15) is 52.9 Å². The monoisotopic (exact) mass is 222 g/mol. The van der Waals surface area contributed by atoms with E-state index in [2.05, 4.69) is 33.4 Å². The topological polar surface area (TPSA) is 20.2 Å². The van der Waals surface area contributed by atoms with Crippen LogP contribution in [0.4, 0.5) is 0 Å². The van der Waals surface area contributed by atoms with Crippen LogP contribution in [0.5, 0.6) is 0 Å². The van der Waals surface area contributed by atoms with Crippen LogP contribution in [0.2, 0.25) is 0 Å². The van der Waals surface area contributed by atoms with Crippen LogP contribution in [0.15, 0.2) is 24.3 Å². The molecular weight excluding hydrogens is 196 g/mol. The van der Waals surface area contributed by atoms with Crippen molar-refractivity contribution < 1.29 is 5.11 Å². The molecule has 1 N–H and O–H groups in total. The first-order valence-corrected chi connectivity index (χ1v) is 6.46. The fraction of sp³-hybridized carbons (Fsp3) is 0.733. The van der Waals surface area contributed by atoms with Gasteiger partial charge < -0.3 is 5.11 Å². The Balaban J connectivity index is 2.38. The molecule has 0 saturated heterocycles. The van der Waals surface area contributed by atoms with Crippen LogP contribution < -0.4 is 0 Å². The molecule has 1 heteroatoms. The first kappa shape index (κ1) is 13.5. The average Bonchev–Trinajstić information content (AvgIpc) is 2.49. The van der Waals surface area contributed by atoms with Crippen LogP contribution in [0.3, 0.4) is 0 Å². The molecule has 0 aromatic heterocycles. The first-order valence-electron chi connectivity index (χ1n) is 6.46. The molecule has 0 saturated carbocycles. The van der Waals surface area contributed by atoms with Crippen LogP contribution in [-0.4, -0.2) is 11.2 Å². The highest BCUT2D eigenvalue weighted by atomic mass is 16.3. The molecule has 0 amide bonds. The molecule has 0 bridgehead atoms. The summed E-state index contributed by atoms with van der Waals surface area (Å²) in [5.74, 6) is 0.413. The van der Waals surface area contributed by atoms with Crippen molar-refractivity contribution in [1.82, 2.24) is 0 Å². The Kier molecular flexibility index (Phi) is 4.79. The van der Waals surface area contributed by atoms with Crippen molar-refractivity contribution >= 4 is 0 Å². The van der Waals surface area contributed by atoms with Crippen molar-refractivity contribution in [3.8, 4) is 0 Å². The smallest absolute Gasteiger partial charge is 0.0579 e. The van der Waals surface area contributed by atoms with E-state index in [1.54, 1.807) is 0 Å². The number of aliphatic hydroxyl groups excluding tert-OH is 1. The van der Waals surface area contributed by atoms with E-state index < -0.39 is 0 Å². The summed E-state index contributed by atoms with van der Waals surface area (Å²) in [4.78, 5) is 0. The van der Waals surface area contributed by atoms with Crippen LogP contribution in [-0.2, 0) is 0 Å². The lowest BCUT2D eigenvalue weighted by atomic mass is 9.74. The summed E-state index contributed by atoms with van der Waals surface area (Å²) in [6.45, 7) is 10.4. The van der Waals surface area contributed by atoms with E-state index in [4.69, 9.17) is 0 Å². The van der Waals surface area contributed by atoms with E-state index in [1.807, 2.05) is 6.08 Å². The molecule has 0 fully saturated rings. The molecule has 16 heavy (non-hydrogen) atoms. The molecule has 2 atom stereocenters. The van der Waals surface area contributed by atoms with Gasteiger partial charge in [0, 0.05) is 0 Å². The SMILES string of the molecule is C=CCCCCC(O)C1CC=C(C)C1(C)C. The number of hydrogen-bond donors (Lipinski definition) is 1. The first-order chi connectivity index (χ1) is 7.50. The molecule has 0 radical (unpaired) electrons. The summed E-state index contributed by atoms with van der Waals surface area (Å²) < 4.78 is 0. The minimum Gasteiger partial charge on any atom is -0.393 e. The molecule has 2 unspecified atom stereocenters. The summed E-state index contributed by atoms with van der Waals surface area (Å²) in [6.07, 6.45) is 9.41. The summed E-state index contributed by atoms with van der Waals surface area (Å²) in [6, 6.07) is 0. The van der Waals surface area contributed by atoms with Crippen LogP contribution in [0.25, 0.3) is 0 Å². The van der Waals surface area contributed by atoms with Gasteiger partial charge in [-0.3, -0.25) is 0 Å². The molecule has 1 rings (SSSR count). The lowest BCUT2D eigenvalue weighted by molar-refractivity contribution is 0.0523. The normalized spacial score (nSPS) is 25.2. The minimum atomic E-state index is -0.145. The predicted molar refractivity (Wildman–Crippen MR) is 70.3 cm³/mol. The van der Waals surface area contributed by atoms with Crippen molar-refractivity contribution in [1.29, 1.82) is 0 Å². The van der Waals surface area contributed by atoms with Gasteiger partial charge in [0.1, 0.15) is 0 Å². The molecule has 0 spiro atoms. The molecule has 0 aromatic rings. The van der Waals surface area contributed by atoms with Gasteiger partial charge in [-0.15, -0.1) is 6.58 Å². The summed E-state index contributed by atoms with van der Waals surface area (Å²) in [7, 11) is 0. The molecule has 0 aromatic carbocycles. The van der Waals surface area contributed by atoms with E-state index in [9.17, 15) is 5.11 Å². The van der Waals surface area contributed by atoms with Gasteiger partial charge in [-0.25, -0.2) is 0 Å². The zero-order valence-corrected chi connectivity index (χ0v) is 11.0. The maximum Gasteiger partial charge on any atom is 0.0579 e. The Morgan fingerprint density at radius 2 is 2.25 bits per heavy atom. The quantitative estimate of drug-likeness (QED) is 0.530. The van der Waals surface area contributed by atoms with E-state index in [0.29, 0.717) is 5.92 Å². The Morgan fingerprint density at radius 1 is 1.56 bits per heavy atom. The fourth-order valence-corrected chi connectivity index (χ4v) is 2.64. The molecule has 0 aliphatic heterocycles. The van der Waals surface area contributed by atoms with Crippen LogP contribution >= 0.6 is 0 Å². The third-order valence-electron chi connectivity index (χ3n) is 4.24. The summed E-state index contributed by atoms with van der Waals surface area (Å²) in [5.41, 5.74) is 1.61. The number of aliphatic hydroxyl groups is 1. The van der Waals surface area contributed by atoms with E-state index in [-0.39, 0.29) is 11.5 Å². The maximum atomic E-state index is 10.2. The fourth-order valence-electron chi connectivity index (χ4n) is 2.64. The number of hydrogen-bond acceptors (Lipinski definition) is 1. The standard InChI is InChI=1S/C15H26O/c1-5-6-7-8-9-14(16)13-11-10-12(2)15(13,3)4/h5,10,13-14,16H,1,6-9,11H2,2-4H3. The summed E-state index contributed by atoms with van der Waals surface area (Å²) in [5, 5.41) is 10.2. The lowest BCUT2D eigenvalue weighted by Gasteiger charge is -2.33. The van der Waals surface area contributed by atoms with E-state index in [0.717, 1.165) is 32.1 Å². The van der Waals surface area contributed by atoms with Crippen molar-refractivity contribution in [3.05, 3.63) is 24.3 Å². The van der Waals surface area contributed by atoms with Crippen LogP contribution in [0, 0.1) is 11.3 Å². The van der Waals surface area contributed by atoms with Crippen molar-refractivity contribution in [2.24, 2.45) is 11.3 Å². The Morgan fingerprint density at radius 3 is 2.75 bits per heavy atom. The number of allylic oxidation sites excluding steroid dienone is 3. The van der Waals surface area contributed by atoms with Gasteiger partial charge in [-0.2, -0.15) is 0 Å². The van der Waals surface area contributed by atoms with Crippen molar-refractivity contribution in [2.45, 2.75) is 59.0 Å². The molecule has 0 heterocycles. The van der Waals surface area contributed by atoms with Gasteiger partial charge >= 0.3 is 0 Å². The van der Waals surface area contributed by atoms with Gasteiger partial charge in [0.15, 0.2) is 0 Å². The summed E-state index contributed by atoms with van der Waals surface area (Å²) >= 11 is 0. The lowest BCUT2D eigenvalue weighted by Crippen LogP contribution is -2.31. The third-order valence-corrected chi connectivity index (χ3v) is 4.24. The second-order valence-corrected chi connectivity index (χ2v) is 5.59. The molecular formula is C15H26O. The highest BCUT2D eigenvalue weighted by Gasteiger charge is 2.38. The van der Waals surface area contributed by atoms with E-state index >= 15 is 0 Å². The molecule has 1 aliphatic rings. The highest BCUT2D eigenvalue weighted by molar-refractivity contribution is 5.19. The Labute approximate surface area is 100 Å². The predicted octanol–water partition coefficient (Wildman–Crippen LogP) is 4.09. The molecule has 1 aliphatic carbocycles. The maximum absolute atomic E-state index is 10.2. The highest BCUT2D eigenvalue weighted by Crippen LogP contribution is 2.45. The largest absolute Gasteiger partial charge is 0.393 e. The van der Waals surface area contributed by atoms with Gasteiger partial charge in [0.2, 0.25) is 0 Å². The Hall–Kier alpha value is -0.560. The van der Waals surface area contributed by atoms with Gasteiger partial charge in [-0.05, 0) is 43.9 Å². The number of unbranched alkanes of at least 4 members (excludes halogenated alkanes) is 2. The second kappa shape index (κ2) is 5.67. The van der Waals surface area contributed by atoms with Gasteiger partial charge in [0.25, 0.3) is 0 Å². The average molecular weight is 222 g/mol. The molecule has 92 valence electrons. The zero-order valence-electron chi connectivity index (χ0n) is 11.0. The third kappa shape index (κ3) is 2.98. The van der Waals surface area contributed by atoms with Gasteiger partial charge in [0.05, 0.1) is 6.10 Å². The Bertz CT molecular complexity index is 263. The minimum absolute atomic E-state index is 0.145. The zero-order chi connectivity index (χ0) is 12.2. The van der Waals surface area contributed by atoms with Gasteiger partial charge in [-0.1, -0.05) is 38.0 Å². The number of rotatable bonds is 6. The second-order valence-electron chi connectivity index (χ2n) is 5.59.